The fourth-order valence-corrected chi connectivity index (χ4v) is 2.59. The lowest BCUT2D eigenvalue weighted by Crippen LogP contribution is -2.26. The summed E-state index contributed by atoms with van der Waals surface area (Å²) in [4.78, 5) is 28.6. The number of carbonyl (C=O) groups excluding carboxylic acids is 1. The number of rotatable bonds is 3. The Morgan fingerprint density at radius 2 is 1.96 bits per heavy atom. The molecule has 0 bridgehead atoms. The quantitative estimate of drug-likeness (QED) is 0.867. The molecule has 0 unspecified atom stereocenters. The first-order chi connectivity index (χ1) is 11.2. The molecule has 0 fully saturated rings. The molecule has 23 heavy (non-hydrogen) atoms. The molecule has 0 saturated carbocycles. The second-order valence-corrected chi connectivity index (χ2v) is 5.34. The molecule has 116 valence electrons. The fourth-order valence-electron chi connectivity index (χ4n) is 2.42. The van der Waals surface area contributed by atoms with Crippen molar-refractivity contribution in [2.45, 2.75) is 6.42 Å². The number of fused-ring (bicyclic) bond motifs is 1. The van der Waals surface area contributed by atoms with Crippen LogP contribution in [0.1, 0.15) is 6.42 Å². The van der Waals surface area contributed by atoms with E-state index < -0.39 is 0 Å². The summed E-state index contributed by atoms with van der Waals surface area (Å²) < 4.78 is 0. The minimum atomic E-state index is -0.232. The Morgan fingerprint density at radius 1 is 1.17 bits per heavy atom. The molecule has 0 radical (unpaired) electrons. The van der Waals surface area contributed by atoms with Crippen LogP contribution in [-0.4, -0.2) is 18.4 Å². The van der Waals surface area contributed by atoms with Gasteiger partial charge in [0.05, 0.1) is 17.8 Å². The molecule has 0 atom stereocenters. The molecule has 1 amide bonds. The van der Waals surface area contributed by atoms with Gasteiger partial charge in [-0.1, -0.05) is 29.8 Å². The van der Waals surface area contributed by atoms with Crippen LogP contribution in [0.25, 0.3) is 0 Å². The third-order valence-electron chi connectivity index (χ3n) is 3.38. The van der Waals surface area contributed by atoms with Gasteiger partial charge in [-0.25, -0.2) is 4.99 Å². The lowest BCUT2D eigenvalue weighted by atomic mass is 10.2. The number of nitroso groups, excluding NO2 is 1. The van der Waals surface area contributed by atoms with Gasteiger partial charge in [0, 0.05) is 10.7 Å². The predicted octanol–water partition coefficient (Wildman–Crippen LogP) is 3.94. The monoisotopic (exact) mass is 328 g/mol. The molecule has 1 aliphatic rings. The highest BCUT2D eigenvalue weighted by Gasteiger charge is 2.26. The van der Waals surface area contributed by atoms with Gasteiger partial charge in [-0.15, -0.1) is 4.91 Å². The molecule has 2 aromatic carbocycles. The number of hydrogen-bond acceptors (Lipinski definition) is 4. The van der Waals surface area contributed by atoms with Crippen LogP contribution in [-0.2, 0) is 4.79 Å². The number of para-hydroxylation sites is 1. The number of nitrogens with zero attached hydrogens (tertiary/aromatic N) is 3. The Bertz CT molecular complexity index is 777. The SMILES string of the molecule is O=NCN=C1CC(=O)N(c2ccccc2)c2cc(Cl)ccc2N1. The highest BCUT2D eigenvalue weighted by atomic mass is 35.5. The third-order valence-corrected chi connectivity index (χ3v) is 3.62. The second-order valence-electron chi connectivity index (χ2n) is 4.90. The average Bonchev–Trinajstić information content (AvgIpc) is 2.69. The Hall–Kier alpha value is -2.73. The zero-order valence-corrected chi connectivity index (χ0v) is 12.8. The molecular formula is C16H13ClN4O2. The minimum Gasteiger partial charge on any atom is -0.342 e. The van der Waals surface area contributed by atoms with E-state index in [1.165, 1.54) is 0 Å². The van der Waals surface area contributed by atoms with Gasteiger partial charge in [-0.2, -0.15) is 0 Å². The highest BCUT2D eigenvalue weighted by molar-refractivity contribution is 6.31. The van der Waals surface area contributed by atoms with Gasteiger partial charge in [-0.3, -0.25) is 9.69 Å². The van der Waals surface area contributed by atoms with Crippen LogP contribution < -0.4 is 10.2 Å². The van der Waals surface area contributed by atoms with Gasteiger partial charge in [0.2, 0.25) is 5.91 Å². The zero-order chi connectivity index (χ0) is 16.2. The van der Waals surface area contributed by atoms with E-state index in [0.717, 1.165) is 5.69 Å². The first kappa shape index (κ1) is 15.2. The van der Waals surface area contributed by atoms with Gasteiger partial charge < -0.3 is 5.32 Å². The van der Waals surface area contributed by atoms with Crippen molar-refractivity contribution in [1.82, 2.24) is 0 Å². The van der Waals surface area contributed by atoms with Crippen molar-refractivity contribution >= 4 is 40.4 Å². The van der Waals surface area contributed by atoms with Crippen LogP contribution in [0.2, 0.25) is 5.02 Å². The topological polar surface area (TPSA) is 74.1 Å². The third kappa shape index (κ3) is 3.22. The van der Waals surface area contributed by atoms with Crippen LogP contribution in [0.4, 0.5) is 17.1 Å². The number of carbonyl (C=O) groups is 1. The van der Waals surface area contributed by atoms with E-state index >= 15 is 0 Å². The van der Waals surface area contributed by atoms with E-state index in [9.17, 15) is 9.70 Å². The van der Waals surface area contributed by atoms with Crippen LogP contribution in [0.3, 0.4) is 0 Å². The smallest absolute Gasteiger partial charge is 0.239 e. The molecule has 3 rings (SSSR count). The molecule has 1 heterocycles. The van der Waals surface area contributed by atoms with E-state index in [1.54, 1.807) is 23.1 Å². The van der Waals surface area contributed by atoms with E-state index in [4.69, 9.17) is 11.6 Å². The summed E-state index contributed by atoms with van der Waals surface area (Å²) in [5, 5.41) is 6.31. The summed E-state index contributed by atoms with van der Waals surface area (Å²) in [7, 11) is 0. The zero-order valence-electron chi connectivity index (χ0n) is 12.1. The van der Waals surface area contributed by atoms with Crippen LogP contribution >= 0.6 is 11.6 Å². The largest absolute Gasteiger partial charge is 0.342 e. The minimum absolute atomic E-state index is 0.0384. The van der Waals surface area contributed by atoms with Gasteiger partial charge in [0.15, 0.2) is 6.67 Å². The predicted molar refractivity (Wildman–Crippen MR) is 91.4 cm³/mol. The van der Waals surface area contributed by atoms with E-state index in [2.05, 4.69) is 15.5 Å². The van der Waals surface area contributed by atoms with Gasteiger partial charge in [0.1, 0.15) is 5.84 Å². The molecule has 7 heteroatoms. The Morgan fingerprint density at radius 3 is 2.70 bits per heavy atom. The lowest BCUT2D eigenvalue weighted by molar-refractivity contribution is -0.116. The van der Waals surface area contributed by atoms with Gasteiger partial charge in [0.25, 0.3) is 0 Å². The lowest BCUT2D eigenvalue weighted by Gasteiger charge is -2.22. The second kappa shape index (κ2) is 6.58. The molecule has 0 spiro atoms. The number of benzene rings is 2. The van der Waals surface area contributed by atoms with Gasteiger partial charge in [-0.05, 0) is 35.5 Å². The molecule has 2 aromatic rings. The van der Waals surface area contributed by atoms with Crippen molar-refractivity contribution in [3.8, 4) is 0 Å². The maximum Gasteiger partial charge on any atom is 0.239 e. The molecule has 1 aliphatic heterocycles. The summed E-state index contributed by atoms with van der Waals surface area (Å²) in [6.45, 7) is -0.232. The van der Waals surface area contributed by atoms with Crippen molar-refractivity contribution < 1.29 is 4.79 Å². The van der Waals surface area contributed by atoms with Crippen LogP contribution in [0.15, 0.2) is 58.7 Å². The maximum absolute atomic E-state index is 12.7. The van der Waals surface area contributed by atoms with Crippen molar-refractivity contribution in [1.29, 1.82) is 0 Å². The van der Waals surface area contributed by atoms with E-state index in [-0.39, 0.29) is 19.0 Å². The number of amidine groups is 1. The standard InChI is InChI=1S/C16H13ClN4O2/c17-11-6-7-13-14(8-11)21(12-4-2-1-3-5-12)16(22)9-15(20-13)18-10-19-23/h1-8H,9-10H2,(H,18,20). The fraction of sp³-hybridized carbons (Fsp3) is 0.125. The van der Waals surface area contributed by atoms with Crippen LogP contribution in [0, 0.1) is 4.91 Å². The average molecular weight is 329 g/mol. The number of halogens is 1. The number of amides is 1. The van der Waals surface area contributed by atoms with Crippen LogP contribution in [0.5, 0.6) is 0 Å². The summed E-state index contributed by atoms with van der Waals surface area (Å²) in [6, 6.07) is 14.5. The maximum atomic E-state index is 12.7. The number of aliphatic imine (C=N–C) groups is 1. The first-order valence-electron chi connectivity index (χ1n) is 6.96. The first-order valence-corrected chi connectivity index (χ1v) is 7.34. The molecule has 0 aliphatic carbocycles. The van der Waals surface area contributed by atoms with Crippen molar-refractivity contribution in [2.24, 2.45) is 10.2 Å². The summed E-state index contributed by atoms with van der Waals surface area (Å²) in [5.74, 6) is 0.228. The normalized spacial score (nSPS) is 15.8. The molecule has 6 nitrogen and oxygen atoms in total. The molecule has 0 aromatic heterocycles. The van der Waals surface area contributed by atoms with Crippen molar-refractivity contribution in [2.75, 3.05) is 16.9 Å². The van der Waals surface area contributed by atoms with Crippen molar-refractivity contribution in [3.63, 3.8) is 0 Å². The summed E-state index contributed by atoms with van der Waals surface area (Å²) in [6.07, 6.45) is 0.0384. The highest BCUT2D eigenvalue weighted by Crippen LogP contribution is 2.36. The summed E-state index contributed by atoms with van der Waals surface area (Å²) >= 11 is 6.10. The molecular weight excluding hydrogens is 316 g/mol. The Kier molecular flexibility index (Phi) is 4.34. The summed E-state index contributed by atoms with van der Waals surface area (Å²) in [5.41, 5.74) is 2.06. The Labute approximate surface area is 137 Å². The van der Waals surface area contributed by atoms with E-state index in [0.29, 0.717) is 22.2 Å². The molecule has 0 saturated heterocycles. The van der Waals surface area contributed by atoms with E-state index in [1.807, 2.05) is 30.3 Å². The number of hydrogen-bond donors (Lipinski definition) is 1. The number of nitrogens with one attached hydrogen (secondary N) is 1. The number of anilines is 3. The van der Waals surface area contributed by atoms with Gasteiger partial charge >= 0.3 is 0 Å². The Balaban J connectivity index is 2.12. The van der Waals surface area contributed by atoms with Crippen molar-refractivity contribution in [3.05, 3.63) is 58.5 Å². The molecule has 1 N–H and O–H groups in total.